The molecular weight excluding hydrogens is 148 g/mol. The zero-order valence-corrected chi connectivity index (χ0v) is 9.28. The molecule has 0 aromatic rings. The predicted molar refractivity (Wildman–Crippen MR) is 54.4 cm³/mol. The van der Waals surface area contributed by atoms with Crippen LogP contribution in [0.3, 0.4) is 0 Å². The molecule has 0 spiro atoms. The third-order valence-electron chi connectivity index (χ3n) is 2.55. The minimum Gasteiger partial charge on any atom is -0.0863 e. The molecule has 64 valence electrons. The molecule has 0 heterocycles. The fraction of sp³-hybridized carbons (Fsp3) is 0.800. The average molecular weight is 168 g/mol. The topological polar surface area (TPSA) is 0 Å². The molecule has 0 fully saturated rings. The molecule has 0 saturated heterocycles. The van der Waals surface area contributed by atoms with Gasteiger partial charge in [0.15, 0.2) is 0 Å². The summed E-state index contributed by atoms with van der Waals surface area (Å²) in [7, 11) is -0.937. The summed E-state index contributed by atoms with van der Waals surface area (Å²) in [5.41, 5.74) is 0. The SMILES string of the molecule is CC1C=C([Si](C)(C)C)CCC1. The first-order valence-electron chi connectivity index (χ1n) is 4.71. The van der Waals surface area contributed by atoms with E-state index in [1.807, 2.05) is 0 Å². The average Bonchev–Trinajstić information content (AvgIpc) is 1.86. The van der Waals surface area contributed by atoms with E-state index in [9.17, 15) is 0 Å². The van der Waals surface area contributed by atoms with E-state index in [1.165, 1.54) is 19.3 Å². The maximum Gasteiger partial charge on any atom is 0.0720 e. The van der Waals surface area contributed by atoms with Crippen molar-refractivity contribution in [3.63, 3.8) is 0 Å². The molecule has 1 aliphatic rings. The van der Waals surface area contributed by atoms with Crippen LogP contribution in [0.25, 0.3) is 0 Å². The second-order valence-corrected chi connectivity index (χ2v) is 9.95. The molecule has 1 unspecified atom stereocenters. The lowest BCUT2D eigenvalue weighted by atomic mass is 9.98. The quantitative estimate of drug-likeness (QED) is 0.525. The standard InChI is InChI=1S/C10H20Si/c1-9-6-5-7-10(8-9)11(2,3)4/h8-9H,5-7H2,1-4H3. The van der Waals surface area contributed by atoms with Gasteiger partial charge in [-0.1, -0.05) is 37.8 Å². The monoisotopic (exact) mass is 168 g/mol. The van der Waals surface area contributed by atoms with Crippen LogP contribution in [0.15, 0.2) is 11.3 Å². The smallest absolute Gasteiger partial charge is 0.0720 e. The van der Waals surface area contributed by atoms with E-state index in [2.05, 4.69) is 32.6 Å². The van der Waals surface area contributed by atoms with E-state index < -0.39 is 8.07 Å². The molecule has 0 N–H and O–H groups in total. The van der Waals surface area contributed by atoms with Crippen LogP contribution in [-0.4, -0.2) is 8.07 Å². The zero-order valence-electron chi connectivity index (χ0n) is 8.28. The molecule has 0 nitrogen and oxygen atoms in total. The van der Waals surface area contributed by atoms with Gasteiger partial charge in [0.2, 0.25) is 0 Å². The summed E-state index contributed by atoms with van der Waals surface area (Å²) in [4.78, 5) is 0. The van der Waals surface area contributed by atoms with Crippen molar-refractivity contribution >= 4 is 8.07 Å². The second-order valence-electron chi connectivity index (χ2n) is 4.81. The number of hydrogen-bond acceptors (Lipinski definition) is 0. The summed E-state index contributed by atoms with van der Waals surface area (Å²) in [6.45, 7) is 9.71. The van der Waals surface area contributed by atoms with E-state index >= 15 is 0 Å². The molecule has 11 heavy (non-hydrogen) atoms. The Bertz CT molecular complexity index is 162. The number of rotatable bonds is 1. The molecule has 0 amide bonds. The van der Waals surface area contributed by atoms with Crippen molar-refractivity contribution in [2.45, 2.75) is 45.8 Å². The van der Waals surface area contributed by atoms with Crippen LogP contribution in [0.1, 0.15) is 26.2 Å². The molecule has 1 rings (SSSR count). The van der Waals surface area contributed by atoms with Gasteiger partial charge < -0.3 is 0 Å². The Kier molecular flexibility index (Phi) is 2.58. The van der Waals surface area contributed by atoms with E-state index in [-0.39, 0.29) is 0 Å². The third-order valence-corrected chi connectivity index (χ3v) is 4.90. The number of allylic oxidation sites excluding steroid dienone is 2. The molecule has 1 aliphatic carbocycles. The normalized spacial score (nSPS) is 26.5. The van der Waals surface area contributed by atoms with Gasteiger partial charge in [-0.25, -0.2) is 0 Å². The van der Waals surface area contributed by atoms with Gasteiger partial charge in [-0.3, -0.25) is 0 Å². The van der Waals surface area contributed by atoms with Crippen LogP contribution in [0, 0.1) is 5.92 Å². The van der Waals surface area contributed by atoms with Crippen molar-refractivity contribution in [2.24, 2.45) is 5.92 Å². The first kappa shape index (κ1) is 9.05. The maximum absolute atomic E-state index is 2.54. The molecule has 1 atom stereocenters. The lowest BCUT2D eigenvalue weighted by Gasteiger charge is -2.26. The van der Waals surface area contributed by atoms with Gasteiger partial charge in [-0.2, -0.15) is 0 Å². The predicted octanol–water partition coefficient (Wildman–Crippen LogP) is 3.61. The molecule has 0 aromatic carbocycles. The van der Waals surface area contributed by atoms with Crippen molar-refractivity contribution in [1.29, 1.82) is 0 Å². The molecule has 0 aromatic heterocycles. The van der Waals surface area contributed by atoms with Gasteiger partial charge in [-0.05, 0) is 25.2 Å². The highest BCUT2D eigenvalue weighted by atomic mass is 28.3. The molecular formula is C10H20Si. The Morgan fingerprint density at radius 3 is 2.36 bits per heavy atom. The largest absolute Gasteiger partial charge is 0.0863 e. The van der Waals surface area contributed by atoms with Crippen LogP contribution in [0.5, 0.6) is 0 Å². The molecule has 0 saturated carbocycles. The summed E-state index contributed by atoms with van der Waals surface area (Å²) >= 11 is 0. The Morgan fingerprint density at radius 1 is 1.36 bits per heavy atom. The summed E-state index contributed by atoms with van der Waals surface area (Å²) in [5.74, 6) is 0.852. The van der Waals surface area contributed by atoms with E-state index in [4.69, 9.17) is 0 Å². The lowest BCUT2D eigenvalue weighted by Crippen LogP contribution is -2.26. The maximum atomic E-state index is 2.54. The fourth-order valence-corrected chi connectivity index (χ4v) is 3.46. The highest BCUT2D eigenvalue weighted by Gasteiger charge is 2.22. The fourth-order valence-electron chi connectivity index (χ4n) is 1.75. The van der Waals surface area contributed by atoms with E-state index in [0.29, 0.717) is 0 Å². The second kappa shape index (κ2) is 3.14. The van der Waals surface area contributed by atoms with E-state index in [0.717, 1.165) is 5.92 Å². The van der Waals surface area contributed by atoms with Gasteiger partial charge in [-0.15, -0.1) is 0 Å². The van der Waals surface area contributed by atoms with Crippen molar-refractivity contribution in [3.05, 3.63) is 11.3 Å². The first-order chi connectivity index (χ1) is 5.00. The third kappa shape index (κ3) is 2.48. The Balaban J connectivity index is 2.71. The Labute approximate surface area is 71.7 Å². The minimum atomic E-state index is -0.937. The van der Waals surface area contributed by atoms with Crippen LogP contribution < -0.4 is 0 Å². The van der Waals surface area contributed by atoms with Crippen LogP contribution >= 0.6 is 0 Å². The van der Waals surface area contributed by atoms with E-state index in [1.54, 1.807) is 5.20 Å². The minimum absolute atomic E-state index is 0.852. The number of hydrogen-bond donors (Lipinski definition) is 0. The Hall–Kier alpha value is -0.0431. The lowest BCUT2D eigenvalue weighted by molar-refractivity contribution is 0.577. The molecule has 0 bridgehead atoms. The van der Waals surface area contributed by atoms with Crippen molar-refractivity contribution in [1.82, 2.24) is 0 Å². The van der Waals surface area contributed by atoms with Crippen LogP contribution in [-0.2, 0) is 0 Å². The van der Waals surface area contributed by atoms with Crippen molar-refractivity contribution < 1.29 is 0 Å². The molecule has 1 heteroatoms. The van der Waals surface area contributed by atoms with Gasteiger partial charge in [0.1, 0.15) is 0 Å². The summed E-state index contributed by atoms with van der Waals surface area (Å²) in [6, 6.07) is 0. The van der Waals surface area contributed by atoms with Crippen LogP contribution in [0.2, 0.25) is 19.6 Å². The van der Waals surface area contributed by atoms with Gasteiger partial charge in [0.25, 0.3) is 0 Å². The highest BCUT2D eigenvalue weighted by Crippen LogP contribution is 2.28. The summed E-state index contributed by atoms with van der Waals surface area (Å²) < 4.78 is 0. The Morgan fingerprint density at radius 2 is 2.00 bits per heavy atom. The highest BCUT2D eigenvalue weighted by molar-refractivity contribution is 6.83. The molecule has 0 aliphatic heterocycles. The van der Waals surface area contributed by atoms with Gasteiger partial charge in [0.05, 0.1) is 8.07 Å². The van der Waals surface area contributed by atoms with Crippen molar-refractivity contribution in [2.75, 3.05) is 0 Å². The van der Waals surface area contributed by atoms with Crippen LogP contribution in [0.4, 0.5) is 0 Å². The summed E-state index contributed by atoms with van der Waals surface area (Å²) in [6.07, 6.45) is 6.76. The molecule has 0 radical (unpaired) electrons. The van der Waals surface area contributed by atoms with Gasteiger partial charge in [0, 0.05) is 0 Å². The first-order valence-corrected chi connectivity index (χ1v) is 8.21. The zero-order chi connectivity index (χ0) is 8.48. The summed E-state index contributed by atoms with van der Waals surface area (Å²) in [5, 5.41) is 1.80. The van der Waals surface area contributed by atoms with Gasteiger partial charge >= 0.3 is 0 Å². The van der Waals surface area contributed by atoms with Crippen molar-refractivity contribution in [3.8, 4) is 0 Å².